The normalized spacial score (nSPS) is 12.5. The number of hydrogen-bond acceptors (Lipinski definition) is 1. The highest BCUT2D eigenvalue weighted by atomic mass is 79.9. The molecule has 0 aromatic heterocycles. The minimum absolute atomic E-state index is 0.0491. The Labute approximate surface area is 87.8 Å². The monoisotopic (exact) mass is 239 g/mol. The van der Waals surface area contributed by atoms with Crippen LogP contribution in [-0.4, -0.2) is 0 Å². The van der Waals surface area contributed by atoms with Crippen molar-refractivity contribution in [2.75, 3.05) is 0 Å². The van der Waals surface area contributed by atoms with E-state index < -0.39 is 0 Å². The van der Waals surface area contributed by atoms with E-state index in [0.29, 0.717) is 0 Å². The van der Waals surface area contributed by atoms with E-state index in [1.165, 1.54) is 0 Å². The zero-order valence-electron chi connectivity index (χ0n) is 7.76. The number of nitrogens with two attached hydrogens (primary N) is 1. The van der Waals surface area contributed by atoms with Gasteiger partial charge in [-0.15, -0.1) is 6.58 Å². The van der Waals surface area contributed by atoms with Crippen LogP contribution < -0.4 is 5.73 Å². The summed E-state index contributed by atoms with van der Waals surface area (Å²) < 4.78 is 1.07. The first-order chi connectivity index (χ1) is 6.11. The standard InChI is InChI=1S/C11H14BrN/c1-8(2)7-11(13)9-5-3-4-6-10(9)12/h3-6,11H,1,7,13H2,2H3/t11-/m1/s1. The predicted molar refractivity (Wildman–Crippen MR) is 60.5 cm³/mol. The van der Waals surface area contributed by atoms with Crippen molar-refractivity contribution in [1.29, 1.82) is 0 Å². The highest BCUT2D eigenvalue weighted by Gasteiger charge is 2.08. The number of halogens is 1. The summed E-state index contributed by atoms with van der Waals surface area (Å²) in [6.07, 6.45) is 0.836. The Balaban J connectivity index is 2.82. The molecule has 0 saturated heterocycles. The van der Waals surface area contributed by atoms with Crippen molar-refractivity contribution in [3.05, 3.63) is 46.5 Å². The van der Waals surface area contributed by atoms with Crippen molar-refractivity contribution in [1.82, 2.24) is 0 Å². The van der Waals surface area contributed by atoms with Crippen LogP contribution in [0.4, 0.5) is 0 Å². The molecule has 0 heterocycles. The zero-order valence-corrected chi connectivity index (χ0v) is 9.34. The molecule has 1 atom stereocenters. The van der Waals surface area contributed by atoms with Gasteiger partial charge in [0.25, 0.3) is 0 Å². The lowest BCUT2D eigenvalue weighted by Gasteiger charge is -2.13. The Morgan fingerprint density at radius 2 is 2.15 bits per heavy atom. The molecular weight excluding hydrogens is 226 g/mol. The lowest BCUT2D eigenvalue weighted by atomic mass is 10.0. The molecule has 0 unspecified atom stereocenters. The third kappa shape index (κ3) is 2.98. The molecule has 0 aliphatic carbocycles. The van der Waals surface area contributed by atoms with Gasteiger partial charge < -0.3 is 5.73 Å². The lowest BCUT2D eigenvalue weighted by Crippen LogP contribution is -2.10. The second kappa shape index (κ2) is 4.58. The number of hydrogen-bond donors (Lipinski definition) is 1. The summed E-state index contributed by atoms with van der Waals surface area (Å²) >= 11 is 3.48. The van der Waals surface area contributed by atoms with Crippen LogP contribution in [0.25, 0.3) is 0 Å². The van der Waals surface area contributed by atoms with E-state index in [1.807, 2.05) is 31.2 Å². The molecule has 0 amide bonds. The van der Waals surface area contributed by atoms with Gasteiger partial charge in [0.05, 0.1) is 0 Å². The SMILES string of the molecule is C=C(C)C[C@@H](N)c1ccccc1Br. The summed E-state index contributed by atoms with van der Waals surface area (Å²) in [5, 5.41) is 0. The third-order valence-corrected chi connectivity index (χ3v) is 2.60. The first kappa shape index (κ1) is 10.5. The average Bonchev–Trinajstić information content (AvgIpc) is 2.03. The molecule has 0 aliphatic rings. The first-order valence-electron chi connectivity index (χ1n) is 4.25. The van der Waals surface area contributed by atoms with Crippen LogP contribution in [0.15, 0.2) is 40.9 Å². The minimum Gasteiger partial charge on any atom is -0.324 e. The fourth-order valence-electron chi connectivity index (χ4n) is 1.26. The van der Waals surface area contributed by atoms with Crippen molar-refractivity contribution in [2.45, 2.75) is 19.4 Å². The zero-order chi connectivity index (χ0) is 9.84. The quantitative estimate of drug-likeness (QED) is 0.805. The van der Waals surface area contributed by atoms with Crippen LogP contribution in [0.2, 0.25) is 0 Å². The molecule has 13 heavy (non-hydrogen) atoms. The summed E-state index contributed by atoms with van der Waals surface area (Å²) in [6, 6.07) is 8.08. The van der Waals surface area contributed by atoms with E-state index in [-0.39, 0.29) is 6.04 Å². The molecule has 0 bridgehead atoms. The lowest BCUT2D eigenvalue weighted by molar-refractivity contribution is 0.714. The maximum Gasteiger partial charge on any atom is 0.0343 e. The number of rotatable bonds is 3. The fraction of sp³-hybridized carbons (Fsp3) is 0.273. The van der Waals surface area contributed by atoms with Crippen molar-refractivity contribution < 1.29 is 0 Å². The maximum absolute atomic E-state index is 6.01. The molecule has 2 heteroatoms. The summed E-state index contributed by atoms with van der Waals surface area (Å²) in [5.74, 6) is 0. The van der Waals surface area contributed by atoms with Crippen LogP contribution in [0, 0.1) is 0 Å². The van der Waals surface area contributed by atoms with Gasteiger partial charge in [-0.1, -0.05) is 39.7 Å². The molecular formula is C11H14BrN. The molecule has 70 valence electrons. The van der Waals surface area contributed by atoms with E-state index in [0.717, 1.165) is 22.0 Å². The summed E-state index contributed by atoms with van der Waals surface area (Å²) in [6.45, 7) is 5.85. The molecule has 0 saturated carbocycles. The van der Waals surface area contributed by atoms with Crippen LogP contribution in [0.5, 0.6) is 0 Å². The highest BCUT2D eigenvalue weighted by molar-refractivity contribution is 9.10. The third-order valence-electron chi connectivity index (χ3n) is 1.87. The second-order valence-electron chi connectivity index (χ2n) is 3.29. The number of benzene rings is 1. The minimum atomic E-state index is 0.0491. The molecule has 1 aromatic rings. The van der Waals surface area contributed by atoms with Crippen LogP contribution in [-0.2, 0) is 0 Å². The second-order valence-corrected chi connectivity index (χ2v) is 4.14. The van der Waals surface area contributed by atoms with E-state index in [4.69, 9.17) is 5.73 Å². The largest absolute Gasteiger partial charge is 0.324 e. The summed E-state index contributed by atoms with van der Waals surface area (Å²) in [5.41, 5.74) is 8.26. The molecule has 0 fully saturated rings. The molecule has 1 nitrogen and oxygen atoms in total. The van der Waals surface area contributed by atoms with Gasteiger partial charge >= 0.3 is 0 Å². The molecule has 1 rings (SSSR count). The van der Waals surface area contributed by atoms with Gasteiger partial charge in [0.2, 0.25) is 0 Å². The average molecular weight is 240 g/mol. The van der Waals surface area contributed by atoms with Gasteiger partial charge in [-0.25, -0.2) is 0 Å². The van der Waals surface area contributed by atoms with Gasteiger partial charge in [0, 0.05) is 10.5 Å². The Hall–Kier alpha value is -0.600. The molecule has 0 spiro atoms. The Morgan fingerprint density at radius 1 is 1.54 bits per heavy atom. The molecule has 1 aromatic carbocycles. The Bertz CT molecular complexity index is 307. The maximum atomic E-state index is 6.01. The van der Waals surface area contributed by atoms with E-state index in [1.54, 1.807) is 0 Å². The summed E-state index contributed by atoms with van der Waals surface area (Å²) in [7, 11) is 0. The van der Waals surface area contributed by atoms with Crippen molar-refractivity contribution in [2.24, 2.45) is 5.73 Å². The molecule has 0 aliphatic heterocycles. The Kier molecular flexibility index (Phi) is 3.70. The van der Waals surface area contributed by atoms with Gasteiger partial charge in [-0.05, 0) is 25.0 Å². The van der Waals surface area contributed by atoms with Crippen molar-refractivity contribution in [3.8, 4) is 0 Å². The van der Waals surface area contributed by atoms with Crippen LogP contribution >= 0.6 is 15.9 Å². The van der Waals surface area contributed by atoms with Gasteiger partial charge in [-0.2, -0.15) is 0 Å². The van der Waals surface area contributed by atoms with Crippen LogP contribution in [0.3, 0.4) is 0 Å². The van der Waals surface area contributed by atoms with E-state index >= 15 is 0 Å². The predicted octanol–water partition coefficient (Wildman–Crippen LogP) is 3.42. The van der Waals surface area contributed by atoms with E-state index in [2.05, 4.69) is 22.5 Å². The van der Waals surface area contributed by atoms with E-state index in [9.17, 15) is 0 Å². The molecule has 2 N–H and O–H groups in total. The van der Waals surface area contributed by atoms with Gasteiger partial charge in [0.1, 0.15) is 0 Å². The van der Waals surface area contributed by atoms with Crippen molar-refractivity contribution >= 4 is 15.9 Å². The van der Waals surface area contributed by atoms with Gasteiger partial charge in [-0.3, -0.25) is 0 Å². The topological polar surface area (TPSA) is 26.0 Å². The Morgan fingerprint density at radius 3 is 2.69 bits per heavy atom. The smallest absolute Gasteiger partial charge is 0.0343 e. The van der Waals surface area contributed by atoms with Crippen molar-refractivity contribution in [3.63, 3.8) is 0 Å². The summed E-state index contributed by atoms with van der Waals surface area (Å²) in [4.78, 5) is 0. The first-order valence-corrected chi connectivity index (χ1v) is 5.05. The fourth-order valence-corrected chi connectivity index (χ4v) is 1.84. The highest BCUT2D eigenvalue weighted by Crippen LogP contribution is 2.25. The van der Waals surface area contributed by atoms with Gasteiger partial charge in [0.15, 0.2) is 0 Å². The molecule has 0 radical (unpaired) electrons. The van der Waals surface area contributed by atoms with Crippen LogP contribution in [0.1, 0.15) is 24.9 Å².